The number of nitrogens with zero attached hydrogens (tertiary/aromatic N) is 1. The second-order valence-electron chi connectivity index (χ2n) is 3.01. The van der Waals surface area contributed by atoms with E-state index in [1.807, 2.05) is 12.1 Å². The molecule has 1 unspecified atom stereocenters. The minimum Gasteiger partial charge on any atom is -0.406 e. The summed E-state index contributed by atoms with van der Waals surface area (Å²) in [7, 11) is 0. The van der Waals surface area contributed by atoms with Crippen LogP contribution < -0.4 is 0 Å². The molecule has 1 aromatic rings. The highest BCUT2D eigenvalue weighted by Gasteiger charge is 2.26. The summed E-state index contributed by atoms with van der Waals surface area (Å²) in [5.41, 5.74) is 0.659. The Hall–Kier alpha value is -1.35. The Kier molecular flexibility index (Phi) is 2.25. The van der Waals surface area contributed by atoms with E-state index in [1.54, 1.807) is 19.1 Å². The lowest BCUT2D eigenvalue weighted by Crippen LogP contribution is -2.11. The first kappa shape index (κ1) is 9.21. The van der Waals surface area contributed by atoms with Crippen molar-refractivity contribution in [3.8, 4) is 0 Å². The van der Waals surface area contributed by atoms with E-state index in [0.29, 0.717) is 16.5 Å². The van der Waals surface area contributed by atoms with E-state index in [1.165, 1.54) is 0 Å². The van der Waals surface area contributed by atoms with Gasteiger partial charge in [0.05, 0.1) is 10.6 Å². The Labute approximate surface area is 86.4 Å². The summed E-state index contributed by atoms with van der Waals surface area (Å²) in [6.45, 7) is 1.69. The third-order valence-electron chi connectivity index (χ3n) is 1.95. The number of aliphatic imine (C=N–C) groups is 1. The molecule has 0 aliphatic carbocycles. The fourth-order valence-corrected chi connectivity index (χ4v) is 1.41. The second-order valence-corrected chi connectivity index (χ2v) is 3.42. The summed E-state index contributed by atoms with van der Waals surface area (Å²) in [5.74, 6) is -0.0204. The van der Waals surface area contributed by atoms with E-state index >= 15 is 0 Å². The molecule has 1 aromatic carbocycles. The summed E-state index contributed by atoms with van der Waals surface area (Å²) in [6, 6.07) is 6.71. The molecule has 0 saturated heterocycles. The van der Waals surface area contributed by atoms with Gasteiger partial charge in [-0.2, -0.15) is 0 Å². The largest absolute Gasteiger partial charge is 0.406 e. The van der Waals surface area contributed by atoms with Gasteiger partial charge in [0.15, 0.2) is 0 Å². The van der Waals surface area contributed by atoms with E-state index in [4.69, 9.17) is 16.3 Å². The van der Waals surface area contributed by atoms with Crippen molar-refractivity contribution in [2.24, 2.45) is 4.99 Å². The number of cyclic esters (lactones) is 1. The maximum absolute atomic E-state index is 11.1. The molecule has 0 amide bonds. The number of carbonyl (C=O) groups is 1. The number of rotatable bonds is 1. The molecule has 1 aliphatic heterocycles. The molecule has 0 spiro atoms. The highest BCUT2D eigenvalue weighted by Crippen LogP contribution is 2.20. The topological polar surface area (TPSA) is 38.7 Å². The number of esters is 1. The summed E-state index contributed by atoms with van der Waals surface area (Å²) in [6.07, 6.45) is 0. The van der Waals surface area contributed by atoms with Crippen molar-refractivity contribution in [2.75, 3.05) is 0 Å². The second kappa shape index (κ2) is 3.42. The first-order valence-corrected chi connectivity index (χ1v) is 4.60. The molecule has 1 aliphatic rings. The quantitative estimate of drug-likeness (QED) is 0.664. The van der Waals surface area contributed by atoms with Gasteiger partial charge in [-0.25, -0.2) is 9.79 Å². The highest BCUT2D eigenvalue weighted by molar-refractivity contribution is 6.34. The van der Waals surface area contributed by atoms with Gasteiger partial charge in [0.25, 0.3) is 0 Å². The maximum Gasteiger partial charge on any atom is 0.337 e. The van der Waals surface area contributed by atoms with Crippen molar-refractivity contribution in [3.63, 3.8) is 0 Å². The fraction of sp³-hybridized carbons (Fsp3) is 0.200. The van der Waals surface area contributed by atoms with Crippen LogP contribution in [0.5, 0.6) is 0 Å². The Morgan fingerprint density at radius 1 is 1.43 bits per heavy atom. The number of hydrogen-bond acceptors (Lipinski definition) is 3. The normalized spacial score (nSPS) is 20.6. The third-order valence-corrected chi connectivity index (χ3v) is 2.28. The monoisotopic (exact) mass is 209 g/mol. The van der Waals surface area contributed by atoms with Crippen LogP contribution in [0.15, 0.2) is 29.3 Å². The Balaban J connectivity index is 2.38. The molecule has 0 radical (unpaired) electrons. The molecule has 0 bridgehead atoms. The molecule has 0 aromatic heterocycles. The lowest BCUT2D eigenvalue weighted by Gasteiger charge is -2.01. The predicted octanol–water partition coefficient (Wildman–Crippen LogP) is 2.03. The first-order chi connectivity index (χ1) is 6.68. The molecule has 1 atom stereocenters. The minimum absolute atomic E-state index is 0.313. The number of benzene rings is 1. The number of halogens is 1. The molecule has 0 fully saturated rings. The van der Waals surface area contributed by atoms with E-state index in [2.05, 4.69) is 4.99 Å². The van der Waals surface area contributed by atoms with Gasteiger partial charge in [0, 0.05) is 0 Å². The van der Waals surface area contributed by atoms with Crippen LogP contribution in [0.4, 0.5) is 0 Å². The zero-order valence-corrected chi connectivity index (χ0v) is 8.28. The lowest BCUT2D eigenvalue weighted by atomic mass is 10.2. The summed E-state index contributed by atoms with van der Waals surface area (Å²) >= 11 is 5.93. The van der Waals surface area contributed by atoms with Crippen molar-refractivity contribution in [1.82, 2.24) is 0 Å². The van der Waals surface area contributed by atoms with E-state index in [9.17, 15) is 4.79 Å². The van der Waals surface area contributed by atoms with Gasteiger partial charge in [-0.3, -0.25) is 0 Å². The van der Waals surface area contributed by atoms with Gasteiger partial charge >= 0.3 is 5.97 Å². The van der Waals surface area contributed by atoms with Crippen LogP contribution in [-0.4, -0.2) is 17.9 Å². The van der Waals surface area contributed by atoms with E-state index in [-0.39, 0.29) is 5.97 Å². The zero-order valence-electron chi connectivity index (χ0n) is 7.53. The molecule has 2 rings (SSSR count). The highest BCUT2D eigenvalue weighted by atomic mass is 35.5. The number of carbonyl (C=O) groups excluding carboxylic acids is 1. The maximum atomic E-state index is 11.1. The molecular formula is C10H8ClNO2. The van der Waals surface area contributed by atoms with Crippen LogP contribution in [0.3, 0.4) is 0 Å². The van der Waals surface area contributed by atoms with Crippen molar-refractivity contribution in [2.45, 2.75) is 13.0 Å². The Morgan fingerprint density at radius 3 is 2.71 bits per heavy atom. The molecule has 0 N–H and O–H groups in total. The zero-order chi connectivity index (χ0) is 10.1. The lowest BCUT2D eigenvalue weighted by molar-refractivity contribution is -0.134. The summed E-state index contributed by atoms with van der Waals surface area (Å²) in [4.78, 5) is 15.2. The number of hydrogen-bond donors (Lipinski definition) is 0. The molecule has 0 saturated carbocycles. The molecule has 3 nitrogen and oxygen atoms in total. The smallest absolute Gasteiger partial charge is 0.337 e. The molecule has 72 valence electrons. The Morgan fingerprint density at radius 2 is 2.14 bits per heavy atom. The van der Waals surface area contributed by atoms with Gasteiger partial charge in [-0.1, -0.05) is 23.7 Å². The van der Waals surface area contributed by atoms with E-state index < -0.39 is 6.04 Å². The van der Waals surface area contributed by atoms with Crippen LogP contribution in [0, 0.1) is 0 Å². The molecule has 14 heavy (non-hydrogen) atoms. The van der Waals surface area contributed by atoms with Crippen LogP contribution >= 0.6 is 11.6 Å². The summed E-state index contributed by atoms with van der Waals surface area (Å²) < 4.78 is 4.97. The van der Waals surface area contributed by atoms with Crippen LogP contribution in [-0.2, 0) is 9.53 Å². The fourth-order valence-electron chi connectivity index (χ4n) is 1.19. The van der Waals surface area contributed by atoms with Gasteiger partial charge in [-0.15, -0.1) is 0 Å². The van der Waals surface area contributed by atoms with Gasteiger partial charge < -0.3 is 4.74 Å². The molecular weight excluding hydrogens is 202 g/mol. The SMILES string of the molecule is CC1N=C(c2ccccc2Cl)OC1=O. The number of ether oxygens (including phenoxy) is 1. The van der Waals surface area contributed by atoms with E-state index in [0.717, 1.165) is 0 Å². The van der Waals surface area contributed by atoms with Crippen LogP contribution in [0.25, 0.3) is 0 Å². The average Bonchev–Trinajstić information content (AvgIpc) is 2.48. The van der Waals surface area contributed by atoms with Crippen LogP contribution in [0.2, 0.25) is 5.02 Å². The van der Waals surface area contributed by atoms with Gasteiger partial charge in [0.1, 0.15) is 6.04 Å². The summed E-state index contributed by atoms with van der Waals surface area (Å²) in [5, 5.41) is 0.535. The van der Waals surface area contributed by atoms with Crippen molar-refractivity contribution >= 4 is 23.5 Å². The average molecular weight is 210 g/mol. The molecule has 4 heteroatoms. The Bertz CT molecular complexity index is 414. The first-order valence-electron chi connectivity index (χ1n) is 4.23. The predicted molar refractivity (Wildman–Crippen MR) is 53.5 cm³/mol. The van der Waals surface area contributed by atoms with Crippen molar-refractivity contribution < 1.29 is 9.53 Å². The standard InChI is InChI=1S/C10H8ClNO2/c1-6-10(13)14-9(12-6)7-4-2-3-5-8(7)11/h2-6H,1H3. The third kappa shape index (κ3) is 1.51. The van der Waals surface area contributed by atoms with Gasteiger partial charge in [0.2, 0.25) is 5.90 Å². The van der Waals surface area contributed by atoms with Crippen LogP contribution in [0.1, 0.15) is 12.5 Å². The minimum atomic E-state index is -0.429. The van der Waals surface area contributed by atoms with Gasteiger partial charge in [-0.05, 0) is 19.1 Å². The van der Waals surface area contributed by atoms with Crippen molar-refractivity contribution in [1.29, 1.82) is 0 Å². The molecule has 1 heterocycles. The van der Waals surface area contributed by atoms with Crippen molar-refractivity contribution in [3.05, 3.63) is 34.9 Å².